The number of carboxylic acid groups (broad SMARTS) is 1. The van der Waals surface area contributed by atoms with Crippen LogP contribution in [-0.2, 0) is 9.53 Å². The largest absolute Gasteiger partial charge is 0.481 e. The van der Waals surface area contributed by atoms with Gasteiger partial charge in [0.05, 0.1) is 12.0 Å². The van der Waals surface area contributed by atoms with Crippen LogP contribution in [0.1, 0.15) is 6.92 Å². The summed E-state index contributed by atoms with van der Waals surface area (Å²) in [7, 11) is 1.49. The first-order valence-corrected chi connectivity index (χ1v) is 3.63. The van der Waals surface area contributed by atoms with Crippen molar-refractivity contribution in [3.05, 3.63) is 0 Å². The second-order valence-electron chi connectivity index (χ2n) is 2.07. The number of rotatable bonds is 4. The Bertz CT molecular complexity index is 116. The van der Waals surface area contributed by atoms with Gasteiger partial charge in [-0.3, -0.25) is 4.79 Å². The predicted molar refractivity (Wildman–Crippen MR) is 41.4 cm³/mol. The summed E-state index contributed by atoms with van der Waals surface area (Å²) in [4.78, 5) is 10.4. The van der Waals surface area contributed by atoms with Gasteiger partial charge in [0, 0.05) is 12.9 Å². The van der Waals surface area contributed by atoms with Crippen molar-refractivity contribution in [3.63, 3.8) is 0 Å². The second kappa shape index (κ2) is 4.57. The highest BCUT2D eigenvalue weighted by Crippen LogP contribution is 2.08. The van der Waals surface area contributed by atoms with Crippen LogP contribution in [0.4, 0.5) is 0 Å². The summed E-state index contributed by atoms with van der Waals surface area (Å²) in [5.41, 5.74) is 0. The minimum Gasteiger partial charge on any atom is -0.481 e. The first-order valence-electron chi connectivity index (χ1n) is 3.00. The fraction of sp³-hybridized carbons (Fsp3) is 0.833. The Balaban J connectivity index is 3.92. The molecule has 0 heterocycles. The van der Waals surface area contributed by atoms with Crippen LogP contribution in [0.15, 0.2) is 0 Å². The van der Waals surface area contributed by atoms with Crippen LogP contribution < -0.4 is 0 Å². The minimum absolute atomic E-state index is 0.269. The molecule has 4 heteroatoms. The van der Waals surface area contributed by atoms with Gasteiger partial charge >= 0.3 is 5.97 Å². The lowest BCUT2D eigenvalue weighted by atomic mass is 10.1. The number of hydrogen-bond donors (Lipinski definition) is 2. The smallest absolute Gasteiger partial charge is 0.309 e. The molecule has 0 bridgehead atoms. The summed E-state index contributed by atoms with van der Waals surface area (Å²) in [5, 5.41) is 8.55. The molecule has 0 saturated carbocycles. The fourth-order valence-corrected chi connectivity index (χ4v) is 1.04. The molecule has 0 aromatic rings. The van der Waals surface area contributed by atoms with E-state index in [-0.39, 0.29) is 6.10 Å². The van der Waals surface area contributed by atoms with E-state index in [0.717, 1.165) is 0 Å². The standard InChI is InChI=1S/C6H12O3S/c1-4(9-2)5(3-10)6(7)8/h4-5,10H,3H2,1-2H3,(H,7,8). The van der Waals surface area contributed by atoms with Gasteiger partial charge in [0.1, 0.15) is 0 Å². The summed E-state index contributed by atoms with van der Waals surface area (Å²) in [6.45, 7) is 1.72. The van der Waals surface area contributed by atoms with Crippen LogP contribution in [0.25, 0.3) is 0 Å². The number of methoxy groups -OCH3 is 1. The third-order valence-electron chi connectivity index (χ3n) is 1.45. The molecule has 1 N–H and O–H groups in total. The van der Waals surface area contributed by atoms with Gasteiger partial charge in [-0.25, -0.2) is 0 Å². The third-order valence-corrected chi connectivity index (χ3v) is 1.85. The van der Waals surface area contributed by atoms with Gasteiger partial charge in [-0.1, -0.05) is 0 Å². The number of hydrogen-bond acceptors (Lipinski definition) is 3. The lowest BCUT2D eigenvalue weighted by Gasteiger charge is -2.15. The topological polar surface area (TPSA) is 46.5 Å². The van der Waals surface area contributed by atoms with Crippen molar-refractivity contribution in [2.24, 2.45) is 5.92 Å². The molecule has 3 nitrogen and oxygen atoms in total. The SMILES string of the molecule is COC(C)C(CS)C(=O)O. The van der Waals surface area contributed by atoms with E-state index in [4.69, 9.17) is 9.84 Å². The normalized spacial score (nSPS) is 16.3. The minimum atomic E-state index is -0.857. The number of carbonyl (C=O) groups is 1. The second-order valence-corrected chi connectivity index (χ2v) is 2.43. The molecule has 0 saturated heterocycles. The van der Waals surface area contributed by atoms with Gasteiger partial charge in [-0.2, -0.15) is 12.6 Å². The molecule has 0 aliphatic heterocycles. The zero-order valence-electron chi connectivity index (χ0n) is 6.07. The van der Waals surface area contributed by atoms with Crippen LogP contribution in [-0.4, -0.2) is 30.0 Å². The van der Waals surface area contributed by atoms with Crippen LogP contribution in [0, 0.1) is 5.92 Å². The summed E-state index contributed by atoms with van der Waals surface area (Å²) < 4.78 is 4.83. The Kier molecular flexibility index (Phi) is 4.47. The van der Waals surface area contributed by atoms with Gasteiger partial charge in [0.2, 0.25) is 0 Å². The molecule has 10 heavy (non-hydrogen) atoms. The maximum absolute atomic E-state index is 10.4. The van der Waals surface area contributed by atoms with Crippen LogP contribution in [0.2, 0.25) is 0 Å². The number of thiol groups is 1. The highest BCUT2D eigenvalue weighted by Gasteiger charge is 2.22. The molecule has 0 aromatic heterocycles. The third kappa shape index (κ3) is 2.58. The predicted octanol–water partition coefficient (Wildman–Crippen LogP) is 0.652. The van der Waals surface area contributed by atoms with E-state index in [0.29, 0.717) is 5.75 Å². The Morgan fingerprint density at radius 1 is 1.80 bits per heavy atom. The molecule has 0 rings (SSSR count). The average Bonchev–Trinajstić information content (AvgIpc) is 1.88. The lowest BCUT2D eigenvalue weighted by Crippen LogP contribution is -2.28. The van der Waals surface area contributed by atoms with Crippen LogP contribution in [0.3, 0.4) is 0 Å². The van der Waals surface area contributed by atoms with Crippen molar-refractivity contribution in [2.75, 3.05) is 12.9 Å². The van der Waals surface area contributed by atoms with Crippen molar-refractivity contribution in [3.8, 4) is 0 Å². The van der Waals surface area contributed by atoms with E-state index in [1.165, 1.54) is 7.11 Å². The van der Waals surface area contributed by atoms with Crippen molar-refractivity contribution >= 4 is 18.6 Å². The summed E-state index contributed by atoms with van der Waals surface area (Å²) >= 11 is 3.89. The monoisotopic (exact) mass is 164 g/mol. The van der Waals surface area contributed by atoms with Crippen molar-refractivity contribution in [2.45, 2.75) is 13.0 Å². The van der Waals surface area contributed by atoms with E-state index in [2.05, 4.69) is 12.6 Å². The maximum Gasteiger partial charge on any atom is 0.309 e. The first kappa shape index (κ1) is 9.78. The zero-order valence-corrected chi connectivity index (χ0v) is 6.97. The van der Waals surface area contributed by atoms with E-state index < -0.39 is 11.9 Å². The Morgan fingerprint density at radius 2 is 2.30 bits per heavy atom. The Morgan fingerprint density at radius 3 is 2.40 bits per heavy atom. The van der Waals surface area contributed by atoms with E-state index >= 15 is 0 Å². The number of aliphatic carboxylic acids is 1. The Hall–Kier alpha value is -0.220. The van der Waals surface area contributed by atoms with E-state index in [1.807, 2.05) is 0 Å². The quantitative estimate of drug-likeness (QED) is 0.600. The molecule has 60 valence electrons. The average molecular weight is 164 g/mol. The van der Waals surface area contributed by atoms with Crippen molar-refractivity contribution in [1.82, 2.24) is 0 Å². The van der Waals surface area contributed by atoms with Crippen molar-refractivity contribution < 1.29 is 14.6 Å². The van der Waals surface area contributed by atoms with Gasteiger partial charge in [-0.15, -0.1) is 0 Å². The lowest BCUT2D eigenvalue weighted by molar-refractivity contribution is -0.144. The van der Waals surface area contributed by atoms with Gasteiger partial charge in [-0.05, 0) is 6.92 Å². The zero-order chi connectivity index (χ0) is 8.15. The summed E-state index contributed by atoms with van der Waals surface area (Å²) in [6.07, 6.45) is -0.269. The highest BCUT2D eigenvalue weighted by molar-refractivity contribution is 7.80. The molecule has 0 aliphatic rings. The molecule has 0 amide bonds. The molecule has 2 atom stereocenters. The molecular weight excluding hydrogens is 152 g/mol. The van der Waals surface area contributed by atoms with Crippen LogP contribution in [0.5, 0.6) is 0 Å². The number of carboxylic acids is 1. The molecular formula is C6H12O3S. The fourth-order valence-electron chi connectivity index (χ4n) is 0.592. The molecule has 2 unspecified atom stereocenters. The van der Waals surface area contributed by atoms with Gasteiger partial charge in [0.15, 0.2) is 0 Å². The summed E-state index contributed by atoms with van der Waals surface area (Å²) in [6, 6.07) is 0. The van der Waals surface area contributed by atoms with Crippen LogP contribution >= 0.6 is 12.6 Å². The molecule has 0 aromatic carbocycles. The molecule has 0 aliphatic carbocycles. The molecule has 0 spiro atoms. The van der Waals surface area contributed by atoms with Crippen molar-refractivity contribution in [1.29, 1.82) is 0 Å². The summed E-state index contributed by atoms with van der Waals surface area (Å²) in [5.74, 6) is -1.05. The highest BCUT2D eigenvalue weighted by atomic mass is 32.1. The molecule has 0 fully saturated rings. The first-order chi connectivity index (χ1) is 4.63. The van der Waals surface area contributed by atoms with E-state index in [1.54, 1.807) is 6.92 Å². The van der Waals surface area contributed by atoms with Gasteiger partial charge < -0.3 is 9.84 Å². The maximum atomic E-state index is 10.4. The number of ether oxygens (including phenoxy) is 1. The Labute approximate surface area is 65.8 Å². The van der Waals surface area contributed by atoms with E-state index in [9.17, 15) is 4.79 Å². The molecule has 0 radical (unpaired) electrons. The van der Waals surface area contributed by atoms with Gasteiger partial charge in [0.25, 0.3) is 0 Å².